The first-order chi connectivity index (χ1) is 8.33. The number of benzene rings is 1. The van der Waals surface area contributed by atoms with Gasteiger partial charge in [-0.25, -0.2) is 0 Å². The molecule has 0 radical (unpaired) electrons. The Balaban J connectivity index is 1.82. The SMILES string of the molecule is Brc1c[nH]c2ccc(CC3CCNCC3)cc12. The Morgan fingerprint density at radius 1 is 1.24 bits per heavy atom. The molecule has 17 heavy (non-hydrogen) atoms. The van der Waals surface area contributed by atoms with Crippen LogP contribution in [0, 0.1) is 5.92 Å². The zero-order valence-electron chi connectivity index (χ0n) is 9.80. The standard InChI is InChI=1S/C14H17BrN2/c15-13-9-17-14-2-1-11(8-12(13)14)7-10-3-5-16-6-4-10/h1-2,8-10,16-17H,3-7H2. The summed E-state index contributed by atoms with van der Waals surface area (Å²) in [6.45, 7) is 2.36. The van der Waals surface area contributed by atoms with Gasteiger partial charge in [-0.15, -0.1) is 0 Å². The number of H-pyrrole nitrogens is 1. The minimum Gasteiger partial charge on any atom is -0.360 e. The third kappa shape index (κ3) is 2.40. The quantitative estimate of drug-likeness (QED) is 0.872. The summed E-state index contributed by atoms with van der Waals surface area (Å²) >= 11 is 3.58. The van der Waals surface area contributed by atoms with E-state index in [1.807, 2.05) is 6.20 Å². The number of hydrogen-bond acceptors (Lipinski definition) is 1. The van der Waals surface area contributed by atoms with Gasteiger partial charge < -0.3 is 10.3 Å². The van der Waals surface area contributed by atoms with E-state index < -0.39 is 0 Å². The molecule has 0 spiro atoms. The van der Waals surface area contributed by atoms with Crippen molar-refractivity contribution in [3.63, 3.8) is 0 Å². The van der Waals surface area contributed by atoms with Crippen LogP contribution in [0.4, 0.5) is 0 Å². The molecule has 0 saturated carbocycles. The Morgan fingerprint density at radius 3 is 2.88 bits per heavy atom. The van der Waals surface area contributed by atoms with Gasteiger partial charge in [0.15, 0.2) is 0 Å². The van der Waals surface area contributed by atoms with Gasteiger partial charge in [0.25, 0.3) is 0 Å². The topological polar surface area (TPSA) is 27.8 Å². The summed E-state index contributed by atoms with van der Waals surface area (Å²) in [5, 5.41) is 4.72. The van der Waals surface area contributed by atoms with Crippen molar-refractivity contribution in [2.24, 2.45) is 5.92 Å². The molecule has 1 aromatic carbocycles. The van der Waals surface area contributed by atoms with Crippen molar-refractivity contribution in [1.82, 2.24) is 10.3 Å². The lowest BCUT2D eigenvalue weighted by atomic mass is 9.91. The van der Waals surface area contributed by atoms with Gasteiger partial charge in [-0.3, -0.25) is 0 Å². The zero-order chi connectivity index (χ0) is 11.7. The lowest BCUT2D eigenvalue weighted by molar-refractivity contribution is 0.373. The maximum Gasteiger partial charge on any atom is 0.0465 e. The molecule has 2 aromatic rings. The van der Waals surface area contributed by atoms with Crippen LogP contribution in [0.1, 0.15) is 18.4 Å². The number of aromatic nitrogens is 1. The fraction of sp³-hybridized carbons (Fsp3) is 0.429. The average molecular weight is 293 g/mol. The summed E-state index contributed by atoms with van der Waals surface area (Å²) in [7, 11) is 0. The van der Waals surface area contributed by atoms with E-state index in [1.54, 1.807) is 0 Å². The van der Waals surface area contributed by atoms with E-state index >= 15 is 0 Å². The Morgan fingerprint density at radius 2 is 2.06 bits per heavy atom. The first-order valence-corrected chi connectivity index (χ1v) is 7.08. The third-order valence-corrected chi connectivity index (χ3v) is 4.33. The molecule has 1 aliphatic rings. The van der Waals surface area contributed by atoms with Crippen molar-refractivity contribution in [2.75, 3.05) is 13.1 Å². The molecule has 0 bridgehead atoms. The number of hydrogen-bond donors (Lipinski definition) is 2. The largest absolute Gasteiger partial charge is 0.360 e. The molecular weight excluding hydrogens is 276 g/mol. The molecule has 3 rings (SSSR count). The highest BCUT2D eigenvalue weighted by atomic mass is 79.9. The molecule has 0 aliphatic carbocycles. The predicted molar refractivity (Wildman–Crippen MR) is 75.3 cm³/mol. The van der Waals surface area contributed by atoms with Gasteiger partial charge in [-0.2, -0.15) is 0 Å². The summed E-state index contributed by atoms with van der Waals surface area (Å²) < 4.78 is 1.17. The number of piperidine rings is 1. The monoisotopic (exact) mass is 292 g/mol. The fourth-order valence-electron chi connectivity index (χ4n) is 2.68. The highest BCUT2D eigenvalue weighted by molar-refractivity contribution is 9.10. The molecule has 0 unspecified atom stereocenters. The molecule has 2 N–H and O–H groups in total. The van der Waals surface area contributed by atoms with E-state index in [4.69, 9.17) is 0 Å². The van der Waals surface area contributed by atoms with Crippen LogP contribution in [0.15, 0.2) is 28.9 Å². The zero-order valence-corrected chi connectivity index (χ0v) is 11.4. The van der Waals surface area contributed by atoms with Crippen LogP contribution < -0.4 is 5.32 Å². The number of rotatable bonds is 2. The van der Waals surface area contributed by atoms with Crippen molar-refractivity contribution >= 4 is 26.8 Å². The Labute approximate surface area is 110 Å². The lowest BCUT2D eigenvalue weighted by Gasteiger charge is -2.22. The van der Waals surface area contributed by atoms with Gasteiger partial charge in [-0.1, -0.05) is 6.07 Å². The second-order valence-electron chi connectivity index (χ2n) is 4.91. The van der Waals surface area contributed by atoms with E-state index in [1.165, 1.54) is 53.3 Å². The third-order valence-electron chi connectivity index (χ3n) is 3.68. The van der Waals surface area contributed by atoms with Gasteiger partial charge in [0.1, 0.15) is 0 Å². The Kier molecular flexibility index (Phi) is 3.21. The predicted octanol–water partition coefficient (Wildman–Crippen LogP) is 3.47. The summed E-state index contributed by atoms with van der Waals surface area (Å²) in [6, 6.07) is 6.77. The van der Waals surface area contributed by atoms with Crippen LogP contribution in [0.3, 0.4) is 0 Å². The second kappa shape index (κ2) is 4.83. The molecular formula is C14H17BrN2. The highest BCUT2D eigenvalue weighted by Gasteiger charge is 2.13. The minimum absolute atomic E-state index is 0.853. The number of nitrogens with one attached hydrogen (secondary N) is 2. The van der Waals surface area contributed by atoms with Crippen molar-refractivity contribution in [2.45, 2.75) is 19.3 Å². The number of fused-ring (bicyclic) bond motifs is 1. The summed E-state index contributed by atoms with van der Waals surface area (Å²) in [5.41, 5.74) is 2.68. The van der Waals surface area contributed by atoms with Crippen molar-refractivity contribution in [3.8, 4) is 0 Å². The van der Waals surface area contributed by atoms with E-state index in [0.29, 0.717) is 0 Å². The minimum atomic E-state index is 0.853. The number of halogens is 1. The van der Waals surface area contributed by atoms with E-state index in [-0.39, 0.29) is 0 Å². The molecule has 0 amide bonds. The van der Waals surface area contributed by atoms with E-state index in [2.05, 4.69) is 44.4 Å². The van der Waals surface area contributed by atoms with Gasteiger partial charge in [-0.05, 0) is 71.9 Å². The van der Waals surface area contributed by atoms with Crippen molar-refractivity contribution in [3.05, 3.63) is 34.4 Å². The van der Waals surface area contributed by atoms with Crippen LogP contribution in [0.5, 0.6) is 0 Å². The molecule has 2 nitrogen and oxygen atoms in total. The van der Waals surface area contributed by atoms with Gasteiger partial charge in [0, 0.05) is 21.6 Å². The highest BCUT2D eigenvalue weighted by Crippen LogP contribution is 2.26. The first kappa shape index (κ1) is 11.3. The van der Waals surface area contributed by atoms with E-state index in [0.717, 1.165) is 5.92 Å². The maximum absolute atomic E-state index is 3.58. The molecule has 1 aliphatic heterocycles. The molecule has 1 aromatic heterocycles. The van der Waals surface area contributed by atoms with E-state index in [9.17, 15) is 0 Å². The molecule has 1 fully saturated rings. The molecule has 1 saturated heterocycles. The fourth-order valence-corrected chi connectivity index (χ4v) is 3.12. The Hall–Kier alpha value is -0.800. The normalized spacial score (nSPS) is 17.7. The lowest BCUT2D eigenvalue weighted by Crippen LogP contribution is -2.28. The van der Waals surface area contributed by atoms with Crippen LogP contribution in [-0.4, -0.2) is 18.1 Å². The maximum atomic E-state index is 3.58. The average Bonchev–Trinajstić information content (AvgIpc) is 2.73. The Bertz CT molecular complexity index is 512. The van der Waals surface area contributed by atoms with Gasteiger partial charge in [0.2, 0.25) is 0 Å². The van der Waals surface area contributed by atoms with Crippen LogP contribution in [0.2, 0.25) is 0 Å². The summed E-state index contributed by atoms with van der Waals surface area (Å²) in [6.07, 6.45) is 5.85. The number of aromatic amines is 1. The second-order valence-corrected chi connectivity index (χ2v) is 5.77. The van der Waals surface area contributed by atoms with Crippen LogP contribution in [0.25, 0.3) is 10.9 Å². The molecule has 2 heterocycles. The molecule has 90 valence electrons. The van der Waals surface area contributed by atoms with Gasteiger partial charge in [0.05, 0.1) is 0 Å². The molecule has 3 heteroatoms. The van der Waals surface area contributed by atoms with Crippen molar-refractivity contribution < 1.29 is 0 Å². The summed E-state index contributed by atoms with van der Waals surface area (Å²) in [5.74, 6) is 0.853. The smallest absolute Gasteiger partial charge is 0.0465 e. The van der Waals surface area contributed by atoms with Crippen molar-refractivity contribution in [1.29, 1.82) is 0 Å². The van der Waals surface area contributed by atoms with Gasteiger partial charge >= 0.3 is 0 Å². The summed E-state index contributed by atoms with van der Waals surface area (Å²) in [4.78, 5) is 3.26. The van der Waals surface area contributed by atoms with Crippen LogP contribution >= 0.6 is 15.9 Å². The first-order valence-electron chi connectivity index (χ1n) is 6.29. The molecule has 0 atom stereocenters. The van der Waals surface area contributed by atoms with Crippen LogP contribution in [-0.2, 0) is 6.42 Å².